The zero-order valence-electron chi connectivity index (χ0n) is 13.6. The highest BCUT2D eigenvalue weighted by Gasteiger charge is 2.23. The van der Waals surface area contributed by atoms with Gasteiger partial charge in [0.25, 0.3) is 0 Å². The number of benzene rings is 1. The minimum Gasteiger partial charge on any atom is -0.326 e. The van der Waals surface area contributed by atoms with Crippen molar-refractivity contribution in [3.05, 3.63) is 35.7 Å². The van der Waals surface area contributed by atoms with E-state index in [1.54, 1.807) is 30.3 Å². The van der Waals surface area contributed by atoms with Gasteiger partial charge in [-0.1, -0.05) is 19.4 Å². The molecule has 1 aliphatic heterocycles. The number of allylic oxidation sites excluding steroid dienone is 1. The smallest absolute Gasteiger partial charge is 0.224 e. The van der Waals surface area contributed by atoms with Crippen LogP contribution in [0.25, 0.3) is 0 Å². The molecule has 2 rings (SSSR count). The molecule has 24 heavy (non-hydrogen) atoms. The van der Waals surface area contributed by atoms with Gasteiger partial charge < -0.3 is 10.6 Å². The zero-order valence-corrected chi connectivity index (χ0v) is 14.4. The van der Waals surface area contributed by atoms with Crippen LogP contribution in [0, 0.1) is 5.92 Å². The van der Waals surface area contributed by atoms with E-state index in [1.807, 2.05) is 6.92 Å². The molecule has 1 aromatic rings. The Morgan fingerprint density at radius 3 is 2.17 bits per heavy atom. The molecule has 0 fully saturated rings. The van der Waals surface area contributed by atoms with Gasteiger partial charge in [0.15, 0.2) is 9.84 Å². The number of carbonyl (C=O) groups excluding carboxylic acids is 2. The summed E-state index contributed by atoms with van der Waals surface area (Å²) in [6.07, 6.45) is 4.00. The second kappa shape index (κ2) is 8.10. The summed E-state index contributed by atoms with van der Waals surface area (Å²) in [6, 6.07) is 6.85. The van der Waals surface area contributed by atoms with Gasteiger partial charge in [0, 0.05) is 35.5 Å². The molecular formula is C17H22N2O4S. The van der Waals surface area contributed by atoms with Crippen molar-refractivity contribution in [3.63, 3.8) is 0 Å². The van der Waals surface area contributed by atoms with Crippen LogP contribution in [-0.2, 0) is 19.4 Å². The highest BCUT2D eigenvalue weighted by Crippen LogP contribution is 2.20. The Morgan fingerprint density at radius 2 is 1.67 bits per heavy atom. The van der Waals surface area contributed by atoms with Crippen molar-refractivity contribution in [1.82, 2.24) is 0 Å². The first kappa shape index (κ1) is 18.2. The first-order valence-electron chi connectivity index (χ1n) is 7.98. The number of rotatable bonds is 7. The SMILES string of the molecule is CCCCC(=O)Nc1ccc(NC(=O)CC2C=CS(=O)(=O)C2)cc1. The Morgan fingerprint density at radius 1 is 1.08 bits per heavy atom. The summed E-state index contributed by atoms with van der Waals surface area (Å²) in [6.45, 7) is 2.03. The molecule has 0 saturated heterocycles. The van der Waals surface area contributed by atoms with Gasteiger partial charge in [0.1, 0.15) is 0 Å². The lowest BCUT2D eigenvalue weighted by Crippen LogP contribution is -2.17. The third kappa shape index (κ3) is 5.81. The van der Waals surface area contributed by atoms with E-state index in [2.05, 4.69) is 10.6 Å². The standard InChI is InChI=1S/C17H22N2O4S/c1-2-3-4-16(20)18-14-5-7-15(8-6-14)19-17(21)11-13-9-10-24(22,23)12-13/h5-10,13H,2-4,11-12H2,1H3,(H,18,20)(H,19,21). The fourth-order valence-electron chi connectivity index (χ4n) is 2.42. The molecule has 1 atom stereocenters. The summed E-state index contributed by atoms with van der Waals surface area (Å²) < 4.78 is 22.6. The van der Waals surface area contributed by atoms with Gasteiger partial charge in [0.2, 0.25) is 11.8 Å². The van der Waals surface area contributed by atoms with Crippen LogP contribution in [0.4, 0.5) is 11.4 Å². The van der Waals surface area contributed by atoms with Gasteiger partial charge in [0.05, 0.1) is 5.75 Å². The van der Waals surface area contributed by atoms with Crippen LogP contribution in [-0.4, -0.2) is 26.0 Å². The van der Waals surface area contributed by atoms with E-state index in [9.17, 15) is 18.0 Å². The maximum atomic E-state index is 12.0. The Bertz CT molecular complexity index is 723. The molecule has 1 heterocycles. The molecule has 0 aromatic heterocycles. The number of hydrogen-bond acceptors (Lipinski definition) is 4. The van der Waals surface area contributed by atoms with E-state index in [1.165, 1.54) is 5.41 Å². The predicted molar refractivity (Wildman–Crippen MR) is 94.3 cm³/mol. The maximum absolute atomic E-state index is 12.0. The number of amides is 2. The molecular weight excluding hydrogens is 328 g/mol. The maximum Gasteiger partial charge on any atom is 0.224 e. The summed E-state index contributed by atoms with van der Waals surface area (Å²) in [4.78, 5) is 23.6. The average molecular weight is 350 g/mol. The lowest BCUT2D eigenvalue weighted by atomic mass is 10.1. The number of hydrogen-bond donors (Lipinski definition) is 2. The van der Waals surface area contributed by atoms with Crippen LogP contribution >= 0.6 is 0 Å². The molecule has 2 amide bonds. The fraction of sp³-hybridized carbons (Fsp3) is 0.412. The Kier molecular flexibility index (Phi) is 6.14. The van der Waals surface area contributed by atoms with E-state index in [4.69, 9.17) is 0 Å². The predicted octanol–water partition coefficient (Wildman–Crippen LogP) is 2.70. The lowest BCUT2D eigenvalue weighted by molar-refractivity contribution is -0.117. The van der Waals surface area contributed by atoms with E-state index >= 15 is 0 Å². The molecule has 1 unspecified atom stereocenters. The third-order valence-electron chi connectivity index (χ3n) is 3.66. The van der Waals surface area contributed by atoms with Gasteiger partial charge in [-0.2, -0.15) is 0 Å². The number of anilines is 2. The largest absolute Gasteiger partial charge is 0.326 e. The second-order valence-electron chi connectivity index (χ2n) is 5.90. The number of unbranched alkanes of at least 4 members (excludes halogenated alkanes) is 1. The van der Waals surface area contributed by atoms with Crippen molar-refractivity contribution in [2.75, 3.05) is 16.4 Å². The Hall–Kier alpha value is -2.15. The van der Waals surface area contributed by atoms with Crippen molar-refractivity contribution < 1.29 is 18.0 Å². The van der Waals surface area contributed by atoms with Gasteiger partial charge >= 0.3 is 0 Å². The Labute approximate surface area is 142 Å². The molecule has 1 aliphatic rings. The van der Waals surface area contributed by atoms with Crippen molar-refractivity contribution in [1.29, 1.82) is 0 Å². The minimum absolute atomic E-state index is 0.0108. The van der Waals surface area contributed by atoms with Gasteiger partial charge in [-0.3, -0.25) is 9.59 Å². The van der Waals surface area contributed by atoms with E-state index in [0.29, 0.717) is 17.8 Å². The van der Waals surface area contributed by atoms with Crippen LogP contribution in [0.5, 0.6) is 0 Å². The number of nitrogens with one attached hydrogen (secondary N) is 2. The summed E-state index contributed by atoms with van der Waals surface area (Å²) >= 11 is 0. The van der Waals surface area contributed by atoms with Gasteiger partial charge in [-0.25, -0.2) is 8.42 Å². The van der Waals surface area contributed by atoms with Crippen LogP contribution in [0.15, 0.2) is 35.7 Å². The number of carbonyl (C=O) groups is 2. The summed E-state index contributed by atoms with van der Waals surface area (Å²) in [7, 11) is -3.14. The van der Waals surface area contributed by atoms with E-state index < -0.39 is 9.84 Å². The van der Waals surface area contributed by atoms with Crippen LogP contribution < -0.4 is 10.6 Å². The molecule has 0 radical (unpaired) electrons. The quantitative estimate of drug-likeness (QED) is 0.791. The molecule has 130 valence electrons. The minimum atomic E-state index is -3.14. The molecule has 1 aromatic carbocycles. The van der Waals surface area contributed by atoms with Crippen LogP contribution in [0.3, 0.4) is 0 Å². The molecule has 0 aliphatic carbocycles. The summed E-state index contributed by atoms with van der Waals surface area (Å²) in [5.74, 6) is -0.542. The van der Waals surface area contributed by atoms with Gasteiger partial charge in [-0.15, -0.1) is 0 Å². The van der Waals surface area contributed by atoms with Crippen molar-refractivity contribution in [2.45, 2.75) is 32.6 Å². The summed E-state index contributed by atoms with van der Waals surface area (Å²) in [5.41, 5.74) is 1.29. The molecule has 0 spiro atoms. The molecule has 2 N–H and O–H groups in total. The molecule has 0 bridgehead atoms. The van der Waals surface area contributed by atoms with Crippen molar-refractivity contribution in [2.24, 2.45) is 5.92 Å². The van der Waals surface area contributed by atoms with Crippen molar-refractivity contribution >= 4 is 33.0 Å². The first-order valence-corrected chi connectivity index (χ1v) is 9.70. The summed E-state index contributed by atoms with van der Waals surface area (Å²) in [5, 5.41) is 6.70. The highest BCUT2D eigenvalue weighted by molar-refractivity contribution is 7.94. The fourth-order valence-corrected chi connectivity index (χ4v) is 3.81. The molecule has 0 saturated carbocycles. The third-order valence-corrected chi connectivity index (χ3v) is 5.13. The average Bonchev–Trinajstić information content (AvgIpc) is 2.85. The molecule has 6 nitrogen and oxygen atoms in total. The molecule has 7 heteroatoms. The Balaban J connectivity index is 1.82. The van der Waals surface area contributed by atoms with Crippen LogP contribution in [0.1, 0.15) is 32.6 Å². The van der Waals surface area contributed by atoms with E-state index in [-0.39, 0.29) is 29.9 Å². The van der Waals surface area contributed by atoms with Gasteiger partial charge in [-0.05, 0) is 30.7 Å². The first-order chi connectivity index (χ1) is 11.4. The highest BCUT2D eigenvalue weighted by atomic mass is 32.2. The second-order valence-corrected chi connectivity index (χ2v) is 7.83. The topological polar surface area (TPSA) is 92.3 Å². The van der Waals surface area contributed by atoms with Crippen molar-refractivity contribution in [3.8, 4) is 0 Å². The van der Waals surface area contributed by atoms with E-state index in [0.717, 1.165) is 12.8 Å². The van der Waals surface area contributed by atoms with Crippen LogP contribution in [0.2, 0.25) is 0 Å². The number of sulfone groups is 1. The normalized spacial score (nSPS) is 18.3. The zero-order chi connectivity index (χ0) is 17.6. The lowest BCUT2D eigenvalue weighted by Gasteiger charge is -2.09. The monoisotopic (exact) mass is 350 g/mol.